The summed E-state index contributed by atoms with van der Waals surface area (Å²) in [5.74, 6) is 0. The van der Waals surface area contributed by atoms with Gasteiger partial charge in [0.15, 0.2) is 7.28 Å². The summed E-state index contributed by atoms with van der Waals surface area (Å²) in [5, 5.41) is 9.25. The van der Waals surface area contributed by atoms with Crippen LogP contribution in [0.1, 0.15) is 24.0 Å². The molecule has 0 bridgehead atoms. The maximum Gasteiger partial charge on any atom is 0.187 e. The average Bonchev–Trinajstić information content (AvgIpc) is 3.62. The first-order valence-corrected chi connectivity index (χ1v) is 19.7. The Morgan fingerprint density at radius 3 is 1.49 bits per heavy atom. The van der Waals surface area contributed by atoms with Gasteiger partial charge in [-0.2, -0.15) is 0 Å². The van der Waals surface area contributed by atoms with Gasteiger partial charge in [0.05, 0.1) is 0 Å². The van der Waals surface area contributed by atoms with Gasteiger partial charge in [-0.3, -0.25) is 0 Å². The lowest BCUT2D eigenvalue weighted by atomic mass is 9.59. The summed E-state index contributed by atoms with van der Waals surface area (Å²) in [5.41, 5.74) is 12.3. The van der Waals surface area contributed by atoms with Crippen molar-refractivity contribution in [2.75, 3.05) is 0 Å². The SMILES string of the molecule is [B]c1c([B])c([B])c2c(-c3ccc(-c4ccc5ccccc5c4)c4ccccc34)c3c([B])c([B])c([B])c([B])c3c(C3=CC4=C([B]c5cc6ccccc6cc54)CC3)c2c1[B]. The number of hydrogen-bond acceptors (Lipinski definition) is 0. The van der Waals surface area contributed by atoms with E-state index in [1.54, 1.807) is 0 Å². The van der Waals surface area contributed by atoms with E-state index in [1.807, 2.05) is 12.1 Å². The predicted octanol–water partition coefficient (Wildman–Crippen LogP) is 3.07. The van der Waals surface area contributed by atoms with Crippen molar-refractivity contribution in [3.8, 4) is 22.3 Å². The molecule has 0 nitrogen and oxygen atoms in total. The van der Waals surface area contributed by atoms with E-state index in [2.05, 4.69) is 116 Å². The molecule has 0 saturated heterocycles. The molecule has 9 aromatic carbocycles. The van der Waals surface area contributed by atoms with Crippen LogP contribution in [0.15, 0.2) is 127 Å². The van der Waals surface area contributed by atoms with Gasteiger partial charge in [0.25, 0.3) is 0 Å². The van der Waals surface area contributed by atoms with Gasteiger partial charge in [-0.15, -0.1) is 21.9 Å². The predicted molar refractivity (Wildman–Crippen MR) is 264 cm³/mol. The van der Waals surface area contributed by atoms with Gasteiger partial charge in [0.1, 0.15) is 62.8 Å². The van der Waals surface area contributed by atoms with Gasteiger partial charge in [0, 0.05) is 0 Å². The van der Waals surface area contributed by atoms with E-state index in [-0.39, 0.29) is 21.9 Å². The molecule has 0 saturated carbocycles. The second-order valence-electron chi connectivity index (χ2n) is 15.9. The molecule has 59 heavy (non-hydrogen) atoms. The van der Waals surface area contributed by atoms with Gasteiger partial charge in [0.2, 0.25) is 0 Å². The summed E-state index contributed by atoms with van der Waals surface area (Å²) >= 11 is 0. The Balaban J connectivity index is 1.26. The van der Waals surface area contributed by atoms with Gasteiger partial charge in [-0.05, 0) is 123 Å². The minimum atomic E-state index is 0.197. The Kier molecular flexibility index (Phi) is 8.30. The molecular formula is C50H24B9. The number of hydrogen-bond donors (Lipinski definition) is 0. The smallest absolute Gasteiger partial charge is 0.110 e. The van der Waals surface area contributed by atoms with Crippen LogP contribution < -0.4 is 49.2 Å². The normalized spacial score (nSPS) is 13.7. The van der Waals surface area contributed by atoms with Crippen molar-refractivity contribution in [3.63, 3.8) is 0 Å². The van der Waals surface area contributed by atoms with Crippen molar-refractivity contribution in [1.82, 2.24) is 0 Å². The van der Waals surface area contributed by atoms with Crippen molar-refractivity contribution in [3.05, 3.63) is 138 Å². The minimum absolute atomic E-state index is 0.197. The summed E-state index contributed by atoms with van der Waals surface area (Å²) < 4.78 is 0. The number of allylic oxidation sites excluding steroid dienone is 4. The molecule has 1 heterocycles. The summed E-state index contributed by atoms with van der Waals surface area (Å²) in [7, 11) is 58.0. The zero-order valence-electron chi connectivity index (χ0n) is 32.2. The van der Waals surface area contributed by atoms with Crippen molar-refractivity contribution < 1.29 is 0 Å². The molecule has 17 radical (unpaired) electrons. The molecule has 0 amide bonds. The minimum Gasteiger partial charge on any atom is -0.110 e. The highest BCUT2D eigenvalue weighted by atomic mass is 14.3. The average molecular weight is 722 g/mol. The molecule has 9 aromatic rings. The van der Waals surface area contributed by atoms with Gasteiger partial charge in [-0.25, -0.2) is 0 Å². The lowest BCUT2D eigenvalue weighted by Crippen LogP contribution is -2.50. The Hall–Kier alpha value is -5.66. The topological polar surface area (TPSA) is 0 Å². The Morgan fingerprint density at radius 2 is 0.881 bits per heavy atom. The van der Waals surface area contributed by atoms with Crippen LogP contribution in [0.3, 0.4) is 0 Å². The first kappa shape index (κ1) is 36.4. The highest BCUT2D eigenvalue weighted by molar-refractivity contribution is 6.71. The lowest BCUT2D eigenvalue weighted by molar-refractivity contribution is 1.04. The molecule has 1 aliphatic heterocycles. The van der Waals surface area contributed by atoms with Crippen molar-refractivity contribution in [1.29, 1.82) is 0 Å². The van der Waals surface area contributed by atoms with Crippen LogP contribution >= 0.6 is 0 Å². The molecule has 251 valence electrons. The molecule has 0 N–H and O–H groups in total. The fourth-order valence-electron chi connectivity index (χ4n) is 9.80. The van der Waals surface area contributed by atoms with Crippen LogP contribution in [0.2, 0.25) is 0 Å². The molecule has 0 atom stereocenters. The third-order valence-corrected chi connectivity index (χ3v) is 12.8. The molecule has 11 rings (SSSR count). The maximum absolute atomic E-state index is 7.17. The van der Waals surface area contributed by atoms with Crippen molar-refractivity contribution in [2.24, 2.45) is 0 Å². The standard InChI is InChI=1S/C50H24B9/c51-43-39-37(28-15-18-35-33(21-28)34-20-25-9-3-4-10-26(25)22-36(34)59-35)40-42(46(54)50(58)48(56)44(40)52)38(41(39)45(53)49(57)47(43)55)32-17-16-29(30-11-5-6-12-31(30)32)27-14-13-23-7-1-2-8-24(23)19-27/h1-14,16-17,19-22H,15,18H2. The van der Waals surface area contributed by atoms with Crippen LogP contribution in [0, 0.1) is 0 Å². The van der Waals surface area contributed by atoms with E-state index in [4.69, 9.17) is 62.8 Å². The molecule has 0 unspecified atom stereocenters. The summed E-state index contributed by atoms with van der Waals surface area (Å²) in [4.78, 5) is 0. The van der Waals surface area contributed by atoms with Crippen LogP contribution in [0.4, 0.5) is 0 Å². The van der Waals surface area contributed by atoms with E-state index in [1.165, 1.54) is 32.7 Å². The van der Waals surface area contributed by atoms with E-state index >= 15 is 0 Å². The molecule has 0 aromatic heterocycles. The van der Waals surface area contributed by atoms with Crippen LogP contribution in [-0.2, 0) is 0 Å². The van der Waals surface area contributed by atoms with Gasteiger partial charge in [-0.1, -0.05) is 142 Å². The Labute approximate surface area is 355 Å². The first-order valence-electron chi connectivity index (χ1n) is 19.7. The molecule has 1 aliphatic carbocycles. The number of benzene rings is 9. The van der Waals surface area contributed by atoms with E-state index in [0.29, 0.717) is 55.4 Å². The monoisotopic (exact) mass is 723 g/mol. The van der Waals surface area contributed by atoms with Crippen LogP contribution in [-0.4, -0.2) is 70.0 Å². The zero-order valence-corrected chi connectivity index (χ0v) is 32.2. The summed E-state index contributed by atoms with van der Waals surface area (Å²) in [6.07, 6.45) is 3.72. The molecule has 9 heteroatoms. The number of fused-ring (bicyclic) bond motifs is 7. The second kappa shape index (κ2) is 13.4. The fraction of sp³-hybridized carbons (Fsp3) is 0.0400. The van der Waals surface area contributed by atoms with Crippen molar-refractivity contribution >= 4 is 184 Å². The maximum atomic E-state index is 7.17. The van der Waals surface area contributed by atoms with Crippen LogP contribution in [0.5, 0.6) is 0 Å². The molecule has 2 aliphatic rings. The van der Waals surface area contributed by atoms with Gasteiger partial charge >= 0.3 is 0 Å². The Bertz CT molecular complexity index is 3370. The van der Waals surface area contributed by atoms with Crippen molar-refractivity contribution in [2.45, 2.75) is 12.8 Å². The fourth-order valence-corrected chi connectivity index (χ4v) is 9.80. The highest BCUT2D eigenvalue weighted by Crippen LogP contribution is 2.46. The summed E-state index contributed by atoms with van der Waals surface area (Å²) in [6.45, 7) is 0. The highest BCUT2D eigenvalue weighted by Gasteiger charge is 2.30. The quantitative estimate of drug-likeness (QED) is 0.195. The molecule has 0 spiro atoms. The lowest BCUT2D eigenvalue weighted by Gasteiger charge is -2.30. The third-order valence-electron chi connectivity index (χ3n) is 12.8. The largest absolute Gasteiger partial charge is 0.187 e. The molecule has 0 fully saturated rings. The van der Waals surface area contributed by atoms with E-state index in [0.717, 1.165) is 56.0 Å². The summed E-state index contributed by atoms with van der Waals surface area (Å²) in [6, 6.07) is 40.4. The first-order chi connectivity index (χ1) is 28.6. The number of rotatable bonds is 3. The van der Waals surface area contributed by atoms with E-state index < -0.39 is 0 Å². The Morgan fingerprint density at radius 1 is 0.390 bits per heavy atom. The van der Waals surface area contributed by atoms with E-state index in [9.17, 15) is 0 Å². The van der Waals surface area contributed by atoms with Gasteiger partial charge < -0.3 is 0 Å². The second-order valence-corrected chi connectivity index (χ2v) is 15.9. The molecular weight excluding hydrogens is 698 g/mol. The zero-order chi connectivity index (χ0) is 40.4. The van der Waals surface area contributed by atoms with Crippen LogP contribution in [0.25, 0.3) is 87.3 Å². The third kappa shape index (κ3) is 5.29.